The molecule has 0 amide bonds. The summed E-state index contributed by atoms with van der Waals surface area (Å²) in [5.41, 5.74) is 1.84. The van der Waals surface area contributed by atoms with E-state index < -0.39 is 0 Å². The molecule has 3 aromatic rings. The van der Waals surface area contributed by atoms with Gasteiger partial charge in [0, 0.05) is 5.56 Å². The monoisotopic (exact) mass is 382 g/mol. The maximum Gasteiger partial charge on any atom is 0.216 e. The van der Waals surface area contributed by atoms with Crippen LogP contribution in [-0.4, -0.2) is 34.3 Å². The number of H-pyrrole nitrogens is 1. The zero-order chi connectivity index (χ0) is 19.1. The summed E-state index contributed by atoms with van der Waals surface area (Å²) in [4.78, 5) is 0. The van der Waals surface area contributed by atoms with Crippen LogP contribution in [0.15, 0.2) is 53.6 Å². The Labute approximate surface area is 163 Å². The van der Waals surface area contributed by atoms with Crippen molar-refractivity contribution in [2.24, 2.45) is 5.10 Å². The van der Waals surface area contributed by atoms with E-state index in [1.54, 1.807) is 10.9 Å². The fourth-order valence-electron chi connectivity index (χ4n) is 2.45. The fourth-order valence-corrected chi connectivity index (χ4v) is 2.63. The first-order valence-corrected chi connectivity index (χ1v) is 9.30. The molecule has 6 nitrogen and oxygen atoms in total. The number of rotatable bonds is 8. The number of nitrogens with zero attached hydrogens (tertiary/aromatic N) is 3. The Morgan fingerprint density at radius 3 is 2.37 bits per heavy atom. The molecule has 1 N–H and O–H groups in total. The van der Waals surface area contributed by atoms with E-state index in [1.807, 2.05) is 55.5 Å². The van der Waals surface area contributed by atoms with E-state index in [0.29, 0.717) is 23.8 Å². The minimum Gasteiger partial charge on any atom is -0.494 e. The molecule has 0 unspecified atom stereocenters. The van der Waals surface area contributed by atoms with Gasteiger partial charge in [0.2, 0.25) is 4.77 Å². The smallest absolute Gasteiger partial charge is 0.216 e. The van der Waals surface area contributed by atoms with Crippen LogP contribution in [0, 0.1) is 4.77 Å². The molecule has 0 saturated heterocycles. The topological polar surface area (TPSA) is 64.4 Å². The Hall–Kier alpha value is -2.93. The Balaban J connectivity index is 1.80. The van der Waals surface area contributed by atoms with Crippen LogP contribution in [0.3, 0.4) is 0 Å². The lowest BCUT2D eigenvalue weighted by Gasteiger charge is -2.05. The van der Waals surface area contributed by atoms with Crippen molar-refractivity contribution in [2.45, 2.75) is 20.3 Å². The van der Waals surface area contributed by atoms with E-state index in [-0.39, 0.29) is 0 Å². The van der Waals surface area contributed by atoms with Gasteiger partial charge in [-0.2, -0.15) is 14.9 Å². The van der Waals surface area contributed by atoms with Gasteiger partial charge in [-0.15, -0.1) is 0 Å². The quantitative estimate of drug-likeness (QED) is 0.454. The summed E-state index contributed by atoms with van der Waals surface area (Å²) in [6, 6.07) is 15.4. The molecule has 0 fully saturated rings. The molecule has 27 heavy (non-hydrogen) atoms. The highest BCUT2D eigenvalue weighted by molar-refractivity contribution is 7.71. The molecule has 7 heteroatoms. The number of aromatic amines is 1. The summed E-state index contributed by atoms with van der Waals surface area (Å²) >= 11 is 5.31. The van der Waals surface area contributed by atoms with E-state index in [9.17, 15) is 0 Å². The number of aromatic nitrogens is 3. The largest absolute Gasteiger partial charge is 0.494 e. The van der Waals surface area contributed by atoms with E-state index in [0.717, 1.165) is 29.0 Å². The minimum absolute atomic E-state index is 0.429. The van der Waals surface area contributed by atoms with Gasteiger partial charge in [-0.25, -0.2) is 5.10 Å². The molecule has 0 aliphatic rings. The molecule has 0 aliphatic heterocycles. The molecule has 0 atom stereocenters. The van der Waals surface area contributed by atoms with Crippen LogP contribution in [0.2, 0.25) is 0 Å². The Morgan fingerprint density at radius 2 is 1.70 bits per heavy atom. The van der Waals surface area contributed by atoms with Crippen LogP contribution in [0.5, 0.6) is 11.5 Å². The van der Waals surface area contributed by atoms with Crippen molar-refractivity contribution in [3.63, 3.8) is 0 Å². The van der Waals surface area contributed by atoms with Crippen LogP contribution < -0.4 is 9.47 Å². The highest BCUT2D eigenvalue weighted by Crippen LogP contribution is 2.21. The molecule has 0 saturated carbocycles. The molecular formula is C20H22N4O2S. The Morgan fingerprint density at radius 1 is 1.04 bits per heavy atom. The van der Waals surface area contributed by atoms with E-state index in [4.69, 9.17) is 21.7 Å². The van der Waals surface area contributed by atoms with Gasteiger partial charge in [-0.3, -0.25) is 0 Å². The normalized spacial score (nSPS) is 11.0. The third kappa shape index (κ3) is 4.83. The third-order valence-corrected chi connectivity index (χ3v) is 4.01. The maximum atomic E-state index is 5.59. The summed E-state index contributed by atoms with van der Waals surface area (Å²) in [7, 11) is 0. The number of ether oxygens (including phenoxy) is 2. The van der Waals surface area contributed by atoms with Crippen molar-refractivity contribution in [2.75, 3.05) is 13.2 Å². The van der Waals surface area contributed by atoms with E-state index in [1.165, 1.54) is 0 Å². The van der Waals surface area contributed by atoms with Gasteiger partial charge in [0.15, 0.2) is 5.82 Å². The Kier molecular flexibility index (Phi) is 6.38. The molecule has 3 rings (SSSR count). The molecule has 0 spiro atoms. The van der Waals surface area contributed by atoms with Gasteiger partial charge in [0.05, 0.1) is 19.4 Å². The van der Waals surface area contributed by atoms with Crippen LogP contribution in [-0.2, 0) is 0 Å². The first-order valence-electron chi connectivity index (χ1n) is 8.89. The molecule has 0 radical (unpaired) electrons. The summed E-state index contributed by atoms with van der Waals surface area (Å²) in [5.74, 6) is 2.31. The number of hydrogen-bond donors (Lipinski definition) is 1. The van der Waals surface area contributed by atoms with Crippen molar-refractivity contribution < 1.29 is 9.47 Å². The molecule has 2 aromatic carbocycles. The molecule has 1 heterocycles. The van der Waals surface area contributed by atoms with Gasteiger partial charge in [-0.05, 0) is 79.7 Å². The highest BCUT2D eigenvalue weighted by Gasteiger charge is 2.08. The van der Waals surface area contributed by atoms with Crippen LogP contribution in [0.4, 0.5) is 0 Å². The summed E-state index contributed by atoms with van der Waals surface area (Å²) in [6.07, 6.45) is 2.73. The second-order valence-corrected chi connectivity index (χ2v) is 6.17. The summed E-state index contributed by atoms with van der Waals surface area (Å²) in [6.45, 7) is 5.38. The number of benzene rings is 2. The van der Waals surface area contributed by atoms with Crippen LogP contribution in [0.1, 0.15) is 25.8 Å². The second-order valence-electron chi connectivity index (χ2n) is 5.78. The lowest BCUT2D eigenvalue weighted by Crippen LogP contribution is -1.97. The first-order chi connectivity index (χ1) is 13.2. The van der Waals surface area contributed by atoms with Crippen molar-refractivity contribution in [1.29, 1.82) is 0 Å². The molecule has 1 aromatic heterocycles. The average Bonchev–Trinajstić information content (AvgIpc) is 3.07. The molecule has 140 valence electrons. The predicted molar refractivity (Wildman–Crippen MR) is 109 cm³/mol. The minimum atomic E-state index is 0.429. The average molecular weight is 382 g/mol. The van der Waals surface area contributed by atoms with Crippen molar-refractivity contribution in [3.8, 4) is 22.9 Å². The van der Waals surface area contributed by atoms with Gasteiger partial charge in [0.1, 0.15) is 11.5 Å². The van der Waals surface area contributed by atoms with Crippen molar-refractivity contribution >= 4 is 18.4 Å². The number of nitrogens with one attached hydrogen (secondary N) is 1. The summed E-state index contributed by atoms with van der Waals surface area (Å²) < 4.78 is 13.1. The zero-order valence-electron chi connectivity index (χ0n) is 15.4. The van der Waals surface area contributed by atoms with Crippen LogP contribution in [0.25, 0.3) is 11.4 Å². The zero-order valence-corrected chi connectivity index (χ0v) is 16.2. The Bertz CT molecular complexity index is 943. The highest BCUT2D eigenvalue weighted by atomic mass is 32.1. The molecule has 0 bridgehead atoms. The fraction of sp³-hybridized carbons (Fsp3) is 0.250. The lowest BCUT2D eigenvalue weighted by atomic mass is 10.2. The standard InChI is InChI=1S/C20H22N4O2S/c1-3-13-26-18-9-5-15(6-10-18)14-21-24-19(22-23-20(24)27)16-7-11-17(12-8-16)25-4-2/h5-12,14H,3-4,13H2,1-2H3,(H,23,27)/b21-14+. The molecular weight excluding hydrogens is 360 g/mol. The SMILES string of the molecule is CCCOc1ccc(/C=N/n2c(-c3ccc(OCC)cc3)n[nH]c2=S)cc1. The van der Waals surface area contributed by atoms with E-state index in [2.05, 4.69) is 22.2 Å². The van der Waals surface area contributed by atoms with Crippen LogP contribution >= 0.6 is 12.2 Å². The predicted octanol–water partition coefficient (Wildman–Crippen LogP) is 4.68. The van der Waals surface area contributed by atoms with Crippen molar-refractivity contribution in [3.05, 3.63) is 58.9 Å². The number of hydrogen-bond acceptors (Lipinski definition) is 5. The summed E-state index contributed by atoms with van der Waals surface area (Å²) in [5, 5.41) is 11.6. The van der Waals surface area contributed by atoms with E-state index >= 15 is 0 Å². The first kappa shape index (κ1) is 18.8. The third-order valence-electron chi connectivity index (χ3n) is 3.75. The van der Waals surface area contributed by atoms with Crippen molar-refractivity contribution in [1.82, 2.24) is 14.9 Å². The van der Waals surface area contributed by atoms with Gasteiger partial charge in [0.25, 0.3) is 0 Å². The maximum absolute atomic E-state index is 5.59. The lowest BCUT2D eigenvalue weighted by molar-refractivity contribution is 0.317. The van der Waals surface area contributed by atoms with Gasteiger partial charge < -0.3 is 9.47 Å². The van der Waals surface area contributed by atoms with Gasteiger partial charge in [-0.1, -0.05) is 6.92 Å². The van der Waals surface area contributed by atoms with Gasteiger partial charge >= 0.3 is 0 Å². The second kappa shape index (κ2) is 9.14. The molecule has 0 aliphatic carbocycles.